The predicted octanol–water partition coefficient (Wildman–Crippen LogP) is 6.43. The summed E-state index contributed by atoms with van der Waals surface area (Å²) in [6.07, 6.45) is 1.87. The van der Waals surface area contributed by atoms with Gasteiger partial charge in [-0.1, -0.05) is 42.0 Å². The van der Waals surface area contributed by atoms with Crippen LogP contribution in [0, 0.1) is 6.92 Å². The average Bonchev–Trinajstić information content (AvgIpc) is 3.26. The normalized spacial score (nSPS) is 17.6. The first kappa shape index (κ1) is 28.1. The molecule has 2 heterocycles. The number of likely N-dealkylation sites (N-methyl/N-ethyl adjacent to an activating group) is 1. The largest absolute Gasteiger partial charge is 0.488 e. The molecule has 3 aromatic rings. The zero-order valence-electron chi connectivity index (χ0n) is 22.4. The number of nitrogens with zero attached hydrogens (tertiary/aromatic N) is 3. The van der Waals surface area contributed by atoms with Crippen molar-refractivity contribution in [3.8, 4) is 5.75 Å². The fourth-order valence-corrected chi connectivity index (χ4v) is 5.93. The van der Waals surface area contributed by atoms with Crippen molar-refractivity contribution in [1.82, 2.24) is 9.80 Å². The smallest absolute Gasteiger partial charge is 0.266 e. The lowest BCUT2D eigenvalue weighted by Gasteiger charge is -2.26. The van der Waals surface area contributed by atoms with Crippen molar-refractivity contribution in [1.29, 1.82) is 0 Å². The summed E-state index contributed by atoms with van der Waals surface area (Å²) in [7, 11) is 0. The fraction of sp³-hybridized carbons (Fsp3) is 0.258. The van der Waals surface area contributed by atoms with E-state index in [9.17, 15) is 9.59 Å². The summed E-state index contributed by atoms with van der Waals surface area (Å²) in [4.78, 5) is 34.9. The number of amides is 2. The lowest BCUT2D eigenvalue weighted by atomic mass is 10.1. The van der Waals surface area contributed by atoms with Gasteiger partial charge < -0.3 is 14.4 Å². The minimum absolute atomic E-state index is 0.0368. The van der Waals surface area contributed by atoms with E-state index in [2.05, 4.69) is 47.1 Å². The second-order valence-electron chi connectivity index (χ2n) is 9.47. The SMILES string of the molecule is CCN1C(=O)/C(=C\c2ccc(OCc3ccc(C)cc3)c(Br)c2)SC1=Nc1cccc(C(=O)N2CCOCC2)c1. The van der Waals surface area contributed by atoms with E-state index in [-0.39, 0.29) is 11.8 Å². The van der Waals surface area contributed by atoms with Crippen LogP contribution in [-0.4, -0.2) is 59.6 Å². The lowest BCUT2D eigenvalue weighted by molar-refractivity contribution is -0.122. The molecule has 7 nitrogen and oxygen atoms in total. The van der Waals surface area contributed by atoms with Gasteiger partial charge in [0.25, 0.3) is 11.8 Å². The molecule has 40 heavy (non-hydrogen) atoms. The standard InChI is InChI=1S/C31H30BrN3O4S/c1-3-35-30(37)28(18-23-11-12-27(26(32)17-23)39-20-22-9-7-21(2)8-10-22)40-31(35)33-25-6-4-5-24(19-25)29(36)34-13-15-38-16-14-34/h4-12,17-19H,3,13-16,20H2,1-2H3/b28-18+,33-31?. The third-order valence-electron chi connectivity index (χ3n) is 6.59. The quantitative estimate of drug-likeness (QED) is 0.285. The van der Waals surface area contributed by atoms with Crippen LogP contribution in [0.25, 0.3) is 6.08 Å². The van der Waals surface area contributed by atoms with Gasteiger partial charge in [0.15, 0.2) is 5.17 Å². The van der Waals surface area contributed by atoms with Gasteiger partial charge in [-0.05, 0) is 89.1 Å². The van der Waals surface area contributed by atoms with E-state index in [0.717, 1.165) is 21.3 Å². The maximum Gasteiger partial charge on any atom is 0.266 e. The summed E-state index contributed by atoms with van der Waals surface area (Å²) in [5.74, 6) is 0.602. The Balaban J connectivity index is 1.31. The predicted molar refractivity (Wildman–Crippen MR) is 163 cm³/mol. The fourth-order valence-electron chi connectivity index (χ4n) is 4.36. The highest BCUT2D eigenvalue weighted by Crippen LogP contribution is 2.35. The Hall–Kier alpha value is -3.40. The van der Waals surface area contributed by atoms with Gasteiger partial charge in [-0.15, -0.1) is 0 Å². The third-order valence-corrected chi connectivity index (χ3v) is 8.22. The zero-order chi connectivity index (χ0) is 28.1. The number of halogens is 1. The molecule has 2 aliphatic heterocycles. The van der Waals surface area contributed by atoms with Crippen molar-refractivity contribution in [2.75, 3.05) is 32.8 Å². The van der Waals surface area contributed by atoms with Crippen molar-refractivity contribution in [3.05, 3.63) is 98.4 Å². The van der Waals surface area contributed by atoms with E-state index in [1.54, 1.807) is 21.9 Å². The van der Waals surface area contributed by atoms with Gasteiger partial charge in [0.05, 0.1) is 28.3 Å². The van der Waals surface area contributed by atoms with E-state index in [1.807, 2.05) is 43.3 Å². The third kappa shape index (κ3) is 6.66. The van der Waals surface area contributed by atoms with Gasteiger partial charge in [-0.3, -0.25) is 14.5 Å². The number of aliphatic imine (C=N–C) groups is 1. The molecule has 3 aromatic carbocycles. The number of aryl methyl sites for hydroxylation is 1. The molecule has 0 radical (unpaired) electrons. The average molecular weight is 621 g/mol. The van der Waals surface area contributed by atoms with E-state index >= 15 is 0 Å². The van der Waals surface area contributed by atoms with Crippen LogP contribution in [0.15, 0.2) is 81.1 Å². The molecule has 0 aromatic heterocycles. The monoisotopic (exact) mass is 619 g/mol. The summed E-state index contributed by atoms with van der Waals surface area (Å²) in [5, 5.41) is 0.590. The molecule has 2 amide bonds. The van der Waals surface area contributed by atoms with Crippen molar-refractivity contribution < 1.29 is 19.1 Å². The highest BCUT2D eigenvalue weighted by atomic mass is 79.9. The minimum atomic E-state index is -0.0948. The van der Waals surface area contributed by atoms with Crippen molar-refractivity contribution in [2.45, 2.75) is 20.5 Å². The van der Waals surface area contributed by atoms with Crippen LogP contribution in [0.4, 0.5) is 5.69 Å². The van der Waals surface area contributed by atoms with Gasteiger partial charge in [0.1, 0.15) is 12.4 Å². The molecule has 5 rings (SSSR count). The molecule has 0 spiro atoms. The molecular weight excluding hydrogens is 590 g/mol. The molecule has 0 N–H and O–H groups in total. The molecule has 9 heteroatoms. The van der Waals surface area contributed by atoms with Crippen LogP contribution in [0.2, 0.25) is 0 Å². The second-order valence-corrected chi connectivity index (χ2v) is 11.3. The molecule has 0 aliphatic carbocycles. The van der Waals surface area contributed by atoms with E-state index in [4.69, 9.17) is 14.5 Å². The number of rotatable bonds is 7. The van der Waals surface area contributed by atoms with Gasteiger partial charge in [-0.2, -0.15) is 0 Å². The molecule has 2 aliphatic rings. The summed E-state index contributed by atoms with van der Waals surface area (Å²) < 4.78 is 12.2. The Kier molecular flexibility index (Phi) is 9.04. The first-order chi connectivity index (χ1) is 19.4. The Morgan fingerprint density at radius 1 is 1.10 bits per heavy atom. The van der Waals surface area contributed by atoms with Gasteiger partial charge in [0.2, 0.25) is 0 Å². The number of hydrogen-bond donors (Lipinski definition) is 0. The van der Waals surface area contributed by atoms with E-state index < -0.39 is 0 Å². The zero-order valence-corrected chi connectivity index (χ0v) is 24.8. The molecule has 0 bridgehead atoms. The Morgan fingerprint density at radius 2 is 1.88 bits per heavy atom. The summed E-state index contributed by atoms with van der Waals surface area (Å²) >= 11 is 4.94. The highest BCUT2D eigenvalue weighted by Gasteiger charge is 2.32. The number of thioether (sulfide) groups is 1. The Morgan fingerprint density at radius 3 is 2.60 bits per heavy atom. The van der Waals surface area contributed by atoms with Crippen LogP contribution in [-0.2, 0) is 16.1 Å². The number of hydrogen-bond acceptors (Lipinski definition) is 6. The molecule has 0 atom stereocenters. The maximum atomic E-state index is 13.2. The van der Waals surface area contributed by atoms with Gasteiger partial charge in [0, 0.05) is 25.2 Å². The number of carbonyl (C=O) groups is 2. The Labute approximate surface area is 247 Å². The molecular formula is C31H30BrN3O4S. The molecule has 0 unspecified atom stereocenters. The topological polar surface area (TPSA) is 71.4 Å². The van der Waals surface area contributed by atoms with Gasteiger partial charge >= 0.3 is 0 Å². The molecule has 206 valence electrons. The van der Waals surface area contributed by atoms with E-state index in [1.165, 1.54) is 17.3 Å². The van der Waals surface area contributed by atoms with Gasteiger partial charge in [-0.25, -0.2) is 4.99 Å². The van der Waals surface area contributed by atoms with Crippen molar-refractivity contribution in [3.63, 3.8) is 0 Å². The number of ether oxygens (including phenoxy) is 2. The van der Waals surface area contributed by atoms with Crippen LogP contribution in [0.5, 0.6) is 5.75 Å². The summed E-state index contributed by atoms with van der Waals surface area (Å²) in [5.41, 5.74) is 4.39. The Bertz CT molecular complexity index is 1470. The number of carbonyl (C=O) groups excluding carboxylic acids is 2. The van der Waals surface area contributed by atoms with Crippen LogP contribution < -0.4 is 4.74 Å². The summed E-state index contributed by atoms with van der Waals surface area (Å²) in [6, 6.07) is 21.3. The van der Waals surface area contributed by atoms with Crippen LogP contribution in [0.1, 0.15) is 34.0 Å². The maximum absolute atomic E-state index is 13.2. The van der Waals surface area contributed by atoms with E-state index in [0.29, 0.717) is 60.8 Å². The second kappa shape index (κ2) is 12.8. The number of morpholine rings is 1. The molecule has 2 fully saturated rings. The lowest BCUT2D eigenvalue weighted by Crippen LogP contribution is -2.40. The minimum Gasteiger partial charge on any atom is -0.488 e. The van der Waals surface area contributed by atoms with Crippen molar-refractivity contribution >= 4 is 56.4 Å². The molecule has 0 saturated carbocycles. The van der Waals surface area contributed by atoms with Crippen molar-refractivity contribution in [2.24, 2.45) is 4.99 Å². The molecule has 2 saturated heterocycles. The number of benzene rings is 3. The first-order valence-electron chi connectivity index (χ1n) is 13.2. The first-order valence-corrected chi connectivity index (χ1v) is 14.8. The van der Waals surface area contributed by atoms with Crippen LogP contribution in [0.3, 0.4) is 0 Å². The number of amidine groups is 1. The summed E-state index contributed by atoms with van der Waals surface area (Å²) in [6.45, 7) is 7.20. The highest BCUT2D eigenvalue weighted by molar-refractivity contribution is 9.10. The van der Waals surface area contributed by atoms with Crippen LogP contribution >= 0.6 is 27.7 Å².